The zero-order valence-electron chi connectivity index (χ0n) is 11.3. The van der Waals surface area contributed by atoms with Gasteiger partial charge in [0, 0.05) is 0 Å². The van der Waals surface area contributed by atoms with Gasteiger partial charge in [0.1, 0.15) is 5.25 Å². The molecule has 0 aliphatic heterocycles. The fourth-order valence-electron chi connectivity index (χ4n) is 2.78. The standard InChI is InChI=1S/C15H18O3S/c1-4-14(19(16,17)18)15-10(2)9-12-7-5-6-8-13(12)11(15)3/h5-9,14H,4H2,1-3H3,(H,16,17,18). The first-order chi connectivity index (χ1) is 8.86. The molecule has 3 nitrogen and oxygen atoms in total. The van der Waals surface area contributed by atoms with Crippen LogP contribution in [0.5, 0.6) is 0 Å². The van der Waals surface area contributed by atoms with Crippen molar-refractivity contribution in [3.63, 3.8) is 0 Å². The maximum atomic E-state index is 11.6. The quantitative estimate of drug-likeness (QED) is 0.869. The van der Waals surface area contributed by atoms with Gasteiger partial charge in [0.05, 0.1) is 0 Å². The lowest BCUT2D eigenvalue weighted by atomic mass is 9.93. The zero-order valence-corrected chi connectivity index (χ0v) is 12.2. The fraction of sp³-hybridized carbons (Fsp3) is 0.333. The van der Waals surface area contributed by atoms with Crippen molar-refractivity contribution in [3.8, 4) is 0 Å². The number of hydrogen-bond donors (Lipinski definition) is 1. The van der Waals surface area contributed by atoms with Crippen molar-refractivity contribution in [3.05, 3.63) is 47.0 Å². The van der Waals surface area contributed by atoms with Crippen LogP contribution in [0.2, 0.25) is 0 Å². The Morgan fingerprint density at radius 1 is 1.21 bits per heavy atom. The monoisotopic (exact) mass is 278 g/mol. The van der Waals surface area contributed by atoms with Crippen LogP contribution in [-0.4, -0.2) is 13.0 Å². The molecule has 1 unspecified atom stereocenters. The van der Waals surface area contributed by atoms with Gasteiger partial charge in [0.25, 0.3) is 10.1 Å². The molecule has 102 valence electrons. The van der Waals surface area contributed by atoms with Crippen LogP contribution in [0, 0.1) is 13.8 Å². The van der Waals surface area contributed by atoms with Crippen molar-refractivity contribution in [1.82, 2.24) is 0 Å². The first-order valence-corrected chi connectivity index (χ1v) is 7.81. The predicted molar refractivity (Wildman–Crippen MR) is 78.0 cm³/mol. The van der Waals surface area contributed by atoms with E-state index in [1.54, 1.807) is 6.92 Å². The molecule has 0 aliphatic rings. The Labute approximate surface area is 114 Å². The van der Waals surface area contributed by atoms with Crippen LogP contribution < -0.4 is 0 Å². The van der Waals surface area contributed by atoms with Crippen molar-refractivity contribution in [2.45, 2.75) is 32.4 Å². The van der Waals surface area contributed by atoms with E-state index in [0.717, 1.165) is 27.5 Å². The Bertz CT molecular complexity index is 717. The highest BCUT2D eigenvalue weighted by atomic mass is 32.2. The number of hydrogen-bond acceptors (Lipinski definition) is 2. The molecule has 1 N–H and O–H groups in total. The topological polar surface area (TPSA) is 54.4 Å². The molecule has 2 aromatic carbocycles. The molecule has 4 heteroatoms. The van der Waals surface area contributed by atoms with Gasteiger partial charge < -0.3 is 0 Å². The second-order valence-corrected chi connectivity index (χ2v) is 6.46. The Hall–Kier alpha value is -1.39. The van der Waals surface area contributed by atoms with E-state index < -0.39 is 15.4 Å². The summed E-state index contributed by atoms with van der Waals surface area (Å²) in [5, 5.41) is 1.27. The summed E-state index contributed by atoms with van der Waals surface area (Å²) in [6, 6.07) is 9.85. The minimum absolute atomic E-state index is 0.360. The summed E-state index contributed by atoms with van der Waals surface area (Å²) < 4.78 is 32.5. The van der Waals surface area contributed by atoms with Gasteiger partial charge in [-0.2, -0.15) is 8.42 Å². The molecule has 2 rings (SSSR count). The molecule has 0 spiro atoms. The van der Waals surface area contributed by atoms with Crippen molar-refractivity contribution >= 4 is 20.9 Å². The normalized spacial score (nSPS) is 13.7. The lowest BCUT2D eigenvalue weighted by Crippen LogP contribution is -2.14. The van der Waals surface area contributed by atoms with E-state index in [1.807, 2.05) is 44.2 Å². The van der Waals surface area contributed by atoms with E-state index in [-0.39, 0.29) is 0 Å². The Kier molecular flexibility index (Phi) is 3.65. The van der Waals surface area contributed by atoms with Crippen molar-refractivity contribution < 1.29 is 13.0 Å². The van der Waals surface area contributed by atoms with Crippen molar-refractivity contribution in [2.75, 3.05) is 0 Å². The number of rotatable bonds is 3. The minimum Gasteiger partial charge on any atom is -0.285 e. The average Bonchev–Trinajstić information content (AvgIpc) is 2.32. The molecule has 0 radical (unpaired) electrons. The lowest BCUT2D eigenvalue weighted by Gasteiger charge is -2.19. The largest absolute Gasteiger partial charge is 0.285 e. The third kappa shape index (κ3) is 2.51. The van der Waals surface area contributed by atoms with Gasteiger partial charge in [0.15, 0.2) is 0 Å². The van der Waals surface area contributed by atoms with Gasteiger partial charge in [-0.1, -0.05) is 37.3 Å². The fourth-order valence-corrected chi connectivity index (χ4v) is 3.86. The third-order valence-corrected chi connectivity index (χ3v) is 4.91. The lowest BCUT2D eigenvalue weighted by molar-refractivity contribution is 0.466. The molecule has 0 heterocycles. The van der Waals surface area contributed by atoms with Crippen molar-refractivity contribution in [1.29, 1.82) is 0 Å². The highest BCUT2D eigenvalue weighted by Gasteiger charge is 2.26. The third-order valence-electron chi connectivity index (χ3n) is 3.62. The Balaban J connectivity index is 2.80. The number of benzene rings is 2. The van der Waals surface area contributed by atoms with E-state index >= 15 is 0 Å². The molecule has 2 aromatic rings. The summed E-state index contributed by atoms with van der Waals surface area (Å²) in [5.41, 5.74) is 2.56. The highest BCUT2D eigenvalue weighted by molar-refractivity contribution is 7.86. The van der Waals surface area contributed by atoms with Gasteiger partial charge in [-0.15, -0.1) is 0 Å². The zero-order chi connectivity index (χ0) is 14.2. The van der Waals surface area contributed by atoms with Gasteiger partial charge >= 0.3 is 0 Å². The van der Waals surface area contributed by atoms with E-state index in [9.17, 15) is 13.0 Å². The summed E-state index contributed by atoms with van der Waals surface area (Å²) >= 11 is 0. The van der Waals surface area contributed by atoms with Gasteiger partial charge in [-0.25, -0.2) is 0 Å². The summed E-state index contributed by atoms with van der Waals surface area (Å²) in [4.78, 5) is 0. The molecular formula is C15H18O3S. The van der Waals surface area contributed by atoms with E-state index in [0.29, 0.717) is 6.42 Å². The first-order valence-electron chi connectivity index (χ1n) is 6.31. The molecule has 0 aliphatic carbocycles. The second-order valence-electron chi connectivity index (χ2n) is 4.87. The molecule has 0 aromatic heterocycles. The molecule has 0 saturated carbocycles. The van der Waals surface area contributed by atoms with Crippen LogP contribution in [0.4, 0.5) is 0 Å². The van der Waals surface area contributed by atoms with Gasteiger partial charge in [-0.05, 0) is 47.7 Å². The summed E-state index contributed by atoms with van der Waals surface area (Å²) in [7, 11) is -4.08. The molecule has 0 fully saturated rings. The summed E-state index contributed by atoms with van der Waals surface area (Å²) in [5.74, 6) is 0. The SMILES string of the molecule is CCC(c1c(C)cc2ccccc2c1C)S(=O)(=O)O. The summed E-state index contributed by atoms with van der Waals surface area (Å²) in [6.45, 7) is 5.58. The predicted octanol–water partition coefficient (Wildman–Crippen LogP) is 3.80. The molecule has 0 amide bonds. The molecule has 1 atom stereocenters. The van der Waals surface area contributed by atoms with Crippen LogP contribution >= 0.6 is 0 Å². The maximum absolute atomic E-state index is 11.6. The number of aryl methyl sites for hydroxylation is 2. The molecule has 19 heavy (non-hydrogen) atoms. The van der Waals surface area contributed by atoms with E-state index in [4.69, 9.17) is 0 Å². The van der Waals surface area contributed by atoms with Crippen LogP contribution in [-0.2, 0) is 10.1 Å². The second kappa shape index (κ2) is 4.94. The minimum atomic E-state index is -4.08. The first kappa shape index (κ1) is 14.0. The molecule has 0 saturated heterocycles. The van der Waals surface area contributed by atoms with Crippen LogP contribution in [0.15, 0.2) is 30.3 Å². The smallest absolute Gasteiger partial charge is 0.271 e. The van der Waals surface area contributed by atoms with Crippen LogP contribution in [0.3, 0.4) is 0 Å². The maximum Gasteiger partial charge on any atom is 0.271 e. The molecular weight excluding hydrogens is 260 g/mol. The highest BCUT2D eigenvalue weighted by Crippen LogP contribution is 2.34. The number of fused-ring (bicyclic) bond motifs is 1. The summed E-state index contributed by atoms with van der Waals surface area (Å²) in [6.07, 6.45) is 0.360. The van der Waals surface area contributed by atoms with Crippen LogP contribution in [0.1, 0.15) is 35.3 Å². The average molecular weight is 278 g/mol. The Morgan fingerprint density at radius 3 is 2.42 bits per heavy atom. The van der Waals surface area contributed by atoms with Crippen LogP contribution in [0.25, 0.3) is 10.8 Å². The van der Waals surface area contributed by atoms with E-state index in [2.05, 4.69) is 0 Å². The molecule has 0 bridgehead atoms. The van der Waals surface area contributed by atoms with E-state index in [1.165, 1.54) is 0 Å². The Morgan fingerprint density at radius 2 is 1.84 bits per heavy atom. The van der Waals surface area contributed by atoms with Gasteiger partial charge in [0.2, 0.25) is 0 Å². The van der Waals surface area contributed by atoms with Gasteiger partial charge in [-0.3, -0.25) is 4.55 Å². The van der Waals surface area contributed by atoms with Crippen molar-refractivity contribution in [2.24, 2.45) is 0 Å².